The van der Waals surface area contributed by atoms with E-state index in [0.717, 1.165) is 35.4 Å². The van der Waals surface area contributed by atoms with E-state index in [4.69, 9.17) is 13.9 Å². The Morgan fingerprint density at radius 3 is 2.84 bits per heavy atom. The van der Waals surface area contributed by atoms with E-state index in [-0.39, 0.29) is 12.7 Å². The van der Waals surface area contributed by atoms with Crippen LogP contribution in [-0.4, -0.2) is 30.7 Å². The number of carbonyl (C=O) groups is 1. The van der Waals surface area contributed by atoms with Gasteiger partial charge in [-0.05, 0) is 36.2 Å². The third kappa shape index (κ3) is 2.43. The molecular weight excluding hydrogens is 318 g/mol. The first kappa shape index (κ1) is 14.4. The van der Waals surface area contributed by atoms with E-state index in [1.54, 1.807) is 0 Å². The van der Waals surface area contributed by atoms with E-state index in [1.165, 1.54) is 5.56 Å². The number of para-hydroxylation sites is 1. The summed E-state index contributed by atoms with van der Waals surface area (Å²) in [6.45, 7) is 1.70. The largest absolute Gasteiger partial charge is 0.454 e. The van der Waals surface area contributed by atoms with Crippen LogP contribution >= 0.6 is 0 Å². The lowest BCUT2D eigenvalue weighted by molar-refractivity contribution is 0.0761. The zero-order chi connectivity index (χ0) is 16.8. The third-order valence-corrected chi connectivity index (χ3v) is 4.98. The number of fused-ring (bicyclic) bond motifs is 2. The molecule has 0 saturated carbocycles. The van der Waals surface area contributed by atoms with Crippen molar-refractivity contribution in [2.45, 2.75) is 12.3 Å². The average molecular weight is 335 g/mol. The first-order chi connectivity index (χ1) is 12.3. The van der Waals surface area contributed by atoms with Crippen LogP contribution in [0.4, 0.5) is 0 Å². The molecule has 3 heterocycles. The van der Waals surface area contributed by atoms with Gasteiger partial charge in [0.25, 0.3) is 5.91 Å². The summed E-state index contributed by atoms with van der Waals surface area (Å²) in [5.74, 6) is 2.26. The molecule has 1 unspecified atom stereocenters. The summed E-state index contributed by atoms with van der Waals surface area (Å²) in [5.41, 5.74) is 1.93. The molecule has 2 aliphatic heterocycles. The van der Waals surface area contributed by atoms with Crippen molar-refractivity contribution in [2.75, 3.05) is 19.9 Å². The number of amides is 1. The van der Waals surface area contributed by atoms with Gasteiger partial charge in [0.2, 0.25) is 6.79 Å². The lowest BCUT2D eigenvalue weighted by atomic mass is 9.98. The van der Waals surface area contributed by atoms with Crippen LogP contribution in [0, 0.1) is 0 Å². The lowest BCUT2D eigenvalue weighted by Gasteiger charge is -2.15. The van der Waals surface area contributed by atoms with E-state index in [2.05, 4.69) is 6.07 Å². The molecule has 5 nitrogen and oxygen atoms in total. The van der Waals surface area contributed by atoms with Gasteiger partial charge in [-0.1, -0.05) is 24.3 Å². The summed E-state index contributed by atoms with van der Waals surface area (Å²) in [5, 5.41) is 0.956. The average Bonchev–Trinajstić information content (AvgIpc) is 3.38. The van der Waals surface area contributed by atoms with Crippen LogP contribution in [0.15, 0.2) is 52.9 Å². The molecule has 5 rings (SSSR count). The van der Waals surface area contributed by atoms with E-state index >= 15 is 0 Å². The number of furan rings is 1. The summed E-state index contributed by atoms with van der Waals surface area (Å²) in [7, 11) is 0. The number of ether oxygens (including phenoxy) is 2. The molecule has 1 aromatic heterocycles. The van der Waals surface area contributed by atoms with Gasteiger partial charge in [-0.25, -0.2) is 0 Å². The van der Waals surface area contributed by atoms with E-state index < -0.39 is 0 Å². The van der Waals surface area contributed by atoms with Crippen LogP contribution in [0.5, 0.6) is 11.5 Å². The number of benzene rings is 2. The van der Waals surface area contributed by atoms with Gasteiger partial charge >= 0.3 is 0 Å². The van der Waals surface area contributed by atoms with E-state index in [9.17, 15) is 4.79 Å². The lowest BCUT2D eigenvalue weighted by Crippen LogP contribution is -2.28. The SMILES string of the molecule is O=C(c1cc2ccccc2o1)N1CCC(c2ccc3c(c2)OCO3)C1. The van der Waals surface area contributed by atoms with Gasteiger partial charge in [0, 0.05) is 24.4 Å². The monoisotopic (exact) mass is 335 g/mol. The highest BCUT2D eigenvalue weighted by Crippen LogP contribution is 2.37. The Morgan fingerprint density at radius 1 is 1.04 bits per heavy atom. The normalized spacial score (nSPS) is 18.9. The first-order valence-electron chi connectivity index (χ1n) is 8.45. The second kappa shape index (κ2) is 5.55. The fourth-order valence-electron chi connectivity index (χ4n) is 3.63. The standard InChI is InChI=1S/C20H17NO4/c22-20(19-10-14-3-1-2-4-16(14)25-19)21-8-7-15(11-21)13-5-6-17-18(9-13)24-12-23-17/h1-6,9-10,15H,7-8,11-12H2. The minimum atomic E-state index is -0.0422. The van der Waals surface area contributed by atoms with Gasteiger partial charge in [0.15, 0.2) is 17.3 Å². The Balaban J connectivity index is 1.35. The Hall–Kier alpha value is -2.95. The minimum absolute atomic E-state index is 0.0422. The summed E-state index contributed by atoms with van der Waals surface area (Å²) < 4.78 is 16.5. The van der Waals surface area contributed by atoms with Crippen molar-refractivity contribution in [1.29, 1.82) is 0 Å². The topological polar surface area (TPSA) is 51.9 Å². The molecular formula is C20H17NO4. The molecule has 1 atom stereocenters. The quantitative estimate of drug-likeness (QED) is 0.715. The molecule has 0 spiro atoms. The molecule has 0 aliphatic carbocycles. The third-order valence-electron chi connectivity index (χ3n) is 4.98. The minimum Gasteiger partial charge on any atom is -0.454 e. The molecule has 0 bridgehead atoms. The smallest absolute Gasteiger partial charge is 0.289 e. The molecule has 3 aromatic rings. The highest BCUT2D eigenvalue weighted by Gasteiger charge is 2.30. The number of rotatable bonds is 2. The van der Waals surface area contributed by atoms with Crippen LogP contribution in [0.25, 0.3) is 11.0 Å². The first-order valence-corrected chi connectivity index (χ1v) is 8.45. The van der Waals surface area contributed by atoms with E-state index in [0.29, 0.717) is 18.2 Å². The van der Waals surface area contributed by atoms with Crippen molar-refractivity contribution in [3.63, 3.8) is 0 Å². The van der Waals surface area contributed by atoms with Crippen LogP contribution in [0.1, 0.15) is 28.5 Å². The number of likely N-dealkylation sites (tertiary alicyclic amines) is 1. The van der Waals surface area contributed by atoms with Crippen LogP contribution in [0.2, 0.25) is 0 Å². The maximum absolute atomic E-state index is 12.8. The van der Waals surface area contributed by atoms with Crippen molar-refractivity contribution in [2.24, 2.45) is 0 Å². The fraction of sp³-hybridized carbons (Fsp3) is 0.250. The molecule has 1 amide bonds. The van der Waals surface area contributed by atoms with Gasteiger partial charge < -0.3 is 18.8 Å². The second-order valence-electron chi connectivity index (χ2n) is 6.50. The molecule has 2 aliphatic rings. The maximum atomic E-state index is 12.8. The summed E-state index contributed by atoms with van der Waals surface area (Å²) >= 11 is 0. The van der Waals surface area contributed by atoms with Crippen molar-refractivity contribution >= 4 is 16.9 Å². The van der Waals surface area contributed by atoms with Gasteiger partial charge in [-0.2, -0.15) is 0 Å². The highest BCUT2D eigenvalue weighted by atomic mass is 16.7. The van der Waals surface area contributed by atoms with Crippen molar-refractivity contribution in [3.8, 4) is 11.5 Å². The van der Waals surface area contributed by atoms with Crippen LogP contribution in [-0.2, 0) is 0 Å². The number of nitrogens with zero attached hydrogens (tertiary/aromatic N) is 1. The predicted octanol–water partition coefficient (Wildman–Crippen LogP) is 3.79. The molecule has 0 N–H and O–H groups in total. The van der Waals surface area contributed by atoms with Gasteiger partial charge in [0.05, 0.1) is 0 Å². The van der Waals surface area contributed by atoms with E-state index in [1.807, 2.05) is 47.4 Å². The van der Waals surface area contributed by atoms with Crippen LogP contribution in [0.3, 0.4) is 0 Å². The van der Waals surface area contributed by atoms with Crippen molar-refractivity contribution in [3.05, 3.63) is 59.9 Å². The van der Waals surface area contributed by atoms with Crippen molar-refractivity contribution in [1.82, 2.24) is 4.90 Å². The number of hydrogen-bond donors (Lipinski definition) is 0. The molecule has 5 heteroatoms. The van der Waals surface area contributed by atoms with Gasteiger partial charge in [-0.3, -0.25) is 4.79 Å². The molecule has 1 saturated heterocycles. The molecule has 2 aromatic carbocycles. The molecule has 1 fully saturated rings. The van der Waals surface area contributed by atoms with Crippen LogP contribution < -0.4 is 9.47 Å². The number of carbonyl (C=O) groups excluding carboxylic acids is 1. The Kier molecular flexibility index (Phi) is 3.20. The zero-order valence-corrected chi connectivity index (χ0v) is 13.6. The highest BCUT2D eigenvalue weighted by molar-refractivity contribution is 5.96. The maximum Gasteiger partial charge on any atom is 0.289 e. The summed E-state index contributed by atoms with van der Waals surface area (Å²) in [6.07, 6.45) is 0.936. The molecule has 25 heavy (non-hydrogen) atoms. The Labute approximate surface area is 144 Å². The molecule has 126 valence electrons. The molecule has 0 radical (unpaired) electrons. The summed E-state index contributed by atoms with van der Waals surface area (Å²) in [6, 6.07) is 15.5. The Morgan fingerprint density at radius 2 is 1.92 bits per heavy atom. The second-order valence-corrected chi connectivity index (χ2v) is 6.50. The predicted molar refractivity (Wildman–Crippen MR) is 92.0 cm³/mol. The van der Waals surface area contributed by atoms with Gasteiger partial charge in [-0.15, -0.1) is 0 Å². The van der Waals surface area contributed by atoms with Gasteiger partial charge in [0.1, 0.15) is 5.58 Å². The summed E-state index contributed by atoms with van der Waals surface area (Å²) in [4.78, 5) is 14.6. The zero-order valence-electron chi connectivity index (χ0n) is 13.6. The Bertz CT molecular complexity index is 928. The fourth-order valence-corrected chi connectivity index (χ4v) is 3.63. The van der Waals surface area contributed by atoms with Crippen molar-refractivity contribution < 1.29 is 18.7 Å². The number of hydrogen-bond acceptors (Lipinski definition) is 4.